The highest BCUT2D eigenvalue weighted by atomic mass is 16.5. The van der Waals surface area contributed by atoms with Gasteiger partial charge in [-0.1, -0.05) is 39.0 Å². The molecule has 0 spiro atoms. The van der Waals surface area contributed by atoms with Gasteiger partial charge in [0.15, 0.2) is 5.82 Å². The Labute approximate surface area is 126 Å². The number of hydrogen-bond donors (Lipinski definition) is 1. The van der Waals surface area contributed by atoms with Gasteiger partial charge in [0.2, 0.25) is 0 Å². The molecule has 114 valence electrons. The van der Waals surface area contributed by atoms with E-state index in [0.29, 0.717) is 12.5 Å². The summed E-state index contributed by atoms with van der Waals surface area (Å²) in [5, 5.41) is 4.24. The lowest BCUT2D eigenvalue weighted by molar-refractivity contribution is 0.278. The predicted molar refractivity (Wildman–Crippen MR) is 82.9 cm³/mol. The van der Waals surface area contributed by atoms with Gasteiger partial charge >= 0.3 is 0 Å². The molecule has 1 atom stereocenters. The molecule has 1 aromatic carbocycles. The van der Waals surface area contributed by atoms with Crippen molar-refractivity contribution < 1.29 is 4.74 Å². The molecule has 2 rings (SSSR count). The minimum Gasteiger partial charge on any atom is -0.485 e. The summed E-state index contributed by atoms with van der Waals surface area (Å²) >= 11 is 0. The third kappa shape index (κ3) is 4.04. The molecule has 5 heteroatoms. The summed E-state index contributed by atoms with van der Waals surface area (Å²) in [6.45, 7) is 7.62. The topological polar surface area (TPSA) is 66.0 Å². The van der Waals surface area contributed by atoms with Crippen LogP contribution in [0.1, 0.15) is 44.6 Å². The normalized spacial score (nSPS) is 12.6. The second-order valence-corrected chi connectivity index (χ2v) is 5.59. The molecule has 0 saturated heterocycles. The van der Waals surface area contributed by atoms with Crippen molar-refractivity contribution in [2.75, 3.05) is 0 Å². The number of para-hydroxylation sites is 1. The van der Waals surface area contributed by atoms with Gasteiger partial charge in [0, 0.05) is 18.2 Å². The summed E-state index contributed by atoms with van der Waals surface area (Å²) in [5.74, 6) is 2.18. The predicted octanol–water partition coefficient (Wildman–Crippen LogP) is 2.92. The fourth-order valence-electron chi connectivity index (χ4n) is 2.18. The van der Waals surface area contributed by atoms with Gasteiger partial charge in [0.05, 0.1) is 0 Å². The van der Waals surface area contributed by atoms with Crippen molar-refractivity contribution in [2.24, 2.45) is 11.7 Å². The average Bonchev–Trinajstić information content (AvgIpc) is 2.91. The maximum absolute atomic E-state index is 6.13. The number of nitrogens with zero attached hydrogens (tertiary/aromatic N) is 3. The number of nitrogens with two attached hydrogens (primary N) is 1. The average molecular weight is 288 g/mol. The number of aromatic nitrogens is 3. The molecule has 5 nitrogen and oxygen atoms in total. The summed E-state index contributed by atoms with van der Waals surface area (Å²) in [4.78, 5) is 4.27. The Kier molecular flexibility index (Phi) is 5.33. The lowest BCUT2D eigenvalue weighted by Gasteiger charge is -2.16. The van der Waals surface area contributed by atoms with Crippen molar-refractivity contribution in [3.05, 3.63) is 42.0 Å². The molecule has 1 aromatic heterocycles. The summed E-state index contributed by atoms with van der Waals surface area (Å²) in [6, 6.07) is 7.91. The monoisotopic (exact) mass is 288 g/mol. The molecular weight excluding hydrogens is 264 g/mol. The molecule has 1 heterocycles. The minimum atomic E-state index is -0.00488. The third-order valence-corrected chi connectivity index (χ3v) is 3.35. The van der Waals surface area contributed by atoms with Crippen LogP contribution in [0.4, 0.5) is 0 Å². The fourth-order valence-corrected chi connectivity index (χ4v) is 2.18. The first-order chi connectivity index (χ1) is 10.1. The van der Waals surface area contributed by atoms with Crippen LogP contribution in [0.2, 0.25) is 0 Å². The van der Waals surface area contributed by atoms with Gasteiger partial charge in [0.25, 0.3) is 0 Å². The molecule has 1 unspecified atom stereocenters. The van der Waals surface area contributed by atoms with Gasteiger partial charge in [-0.3, -0.25) is 0 Å². The largest absolute Gasteiger partial charge is 0.485 e. The van der Waals surface area contributed by atoms with Crippen molar-refractivity contribution in [1.29, 1.82) is 0 Å². The molecular formula is C16H24N4O. The van der Waals surface area contributed by atoms with Crippen LogP contribution >= 0.6 is 0 Å². The van der Waals surface area contributed by atoms with Crippen molar-refractivity contribution >= 4 is 0 Å². The van der Waals surface area contributed by atoms with Crippen LogP contribution in [-0.2, 0) is 13.2 Å². The van der Waals surface area contributed by atoms with E-state index in [1.165, 1.54) is 0 Å². The highest BCUT2D eigenvalue weighted by Crippen LogP contribution is 2.25. The van der Waals surface area contributed by atoms with Gasteiger partial charge in [-0.25, -0.2) is 9.67 Å². The lowest BCUT2D eigenvalue weighted by Crippen LogP contribution is -2.14. The van der Waals surface area contributed by atoms with Gasteiger partial charge in [0.1, 0.15) is 18.7 Å². The molecule has 0 aliphatic rings. The van der Waals surface area contributed by atoms with E-state index in [1.54, 1.807) is 6.33 Å². The molecule has 2 N–H and O–H groups in total. The Bertz CT molecular complexity index is 565. The van der Waals surface area contributed by atoms with E-state index >= 15 is 0 Å². The maximum atomic E-state index is 6.13. The summed E-state index contributed by atoms with van der Waals surface area (Å²) in [5.41, 5.74) is 7.16. The van der Waals surface area contributed by atoms with Crippen LogP contribution < -0.4 is 10.5 Å². The standard InChI is InChI=1S/C16H24N4O/c1-4-14(17)13-7-5-6-8-15(13)21-10-16-18-11-19-20(16)9-12(2)3/h5-8,11-12,14H,4,9-10,17H2,1-3H3. The molecule has 0 aliphatic heterocycles. The Hall–Kier alpha value is -1.88. The number of rotatable bonds is 7. The number of hydrogen-bond acceptors (Lipinski definition) is 4. The van der Waals surface area contributed by atoms with Gasteiger partial charge in [-0.2, -0.15) is 5.10 Å². The Morgan fingerprint density at radius 1 is 1.29 bits per heavy atom. The highest BCUT2D eigenvalue weighted by molar-refractivity contribution is 5.35. The van der Waals surface area contributed by atoms with Crippen molar-refractivity contribution in [3.63, 3.8) is 0 Å². The summed E-state index contributed by atoms with van der Waals surface area (Å²) in [6.07, 6.45) is 2.45. The van der Waals surface area contributed by atoms with E-state index in [-0.39, 0.29) is 6.04 Å². The first kappa shape index (κ1) is 15.5. The second-order valence-electron chi connectivity index (χ2n) is 5.59. The van der Waals surface area contributed by atoms with Crippen molar-refractivity contribution in [3.8, 4) is 5.75 Å². The number of ether oxygens (including phenoxy) is 1. The first-order valence-corrected chi connectivity index (χ1v) is 7.45. The van der Waals surface area contributed by atoms with Crippen LogP contribution in [0.3, 0.4) is 0 Å². The van der Waals surface area contributed by atoms with E-state index in [9.17, 15) is 0 Å². The van der Waals surface area contributed by atoms with E-state index < -0.39 is 0 Å². The second kappa shape index (κ2) is 7.22. The Morgan fingerprint density at radius 2 is 2.05 bits per heavy atom. The molecule has 0 amide bonds. The van der Waals surface area contributed by atoms with Crippen LogP contribution in [-0.4, -0.2) is 14.8 Å². The Morgan fingerprint density at radius 3 is 2.76 bits per heavy atom. The maximum Gasteiger partial charge on any atom is 0.164 e. The zero-order valence-corrected chi connectivity index (χ0v) is 13.0. The van der Waals surface area contributed by atoms with E-state index in [1.807, 2.05) is 28.9 Å². The summed E-state index contributed by atoms with van der Waals surface area (Å²) < 4.78 is 7.82. The fraction of sp³-hybridized carbons (Fsp3) is 0.500. The van der Waals surface area contributed by atoms with E-state index in [0.717, 1.165) is 30.1 Å². The van der Waals surface area contributed by atoms with Crippen LogP contribution in [0.15, 0.2) is 30.6 Å². The van der Waals surface area contributed by atoms with E-state index in [2.05, 4.69) is 30.9 Å². The van der Waals surface area contributed by atoms with Gasteiger partial charge in [-0.05, 0) is 18.4 Å². The molecule has 0 fully saturated rings. The van der Waals surface area contributed by atoms with Crippen LogP contribution in [0.5, 0.6) is 5.75 Å². The SMILES string of the molecule is CCC(N)c1ccccc1OCc1ncnn1CC(C)C. The molecule has 0 radical (unpaired) electrons. The highest BCUT2D eigenvalue weighted by Gasteiger charge is 2.12. The smallest absolute Gasteiger partial charge is 0.164 e. The zero-order chi connectivity index (χ0) is 15.2. The summed E-state index contributed by atoms with van der Waals surface area (Å²) in [7, 11) is 0. The van der Waals surface area contributed by atoms with Crippen LogP contribution in [0.25, 0.3) is 0 Å². The molecule has 2 aromatic rings. The van der Waals surface area contributed by atoms with Crippen molar-refractivity contribution in [1.82, 2.24) is 14.8 Å². The van der Waals surface area contributed by atoms with Gasteiger partial charge < -0.3 is 10.5 Å². The molecule has 0 bridgehead atoms. The van der Waals surface area contributed by atoms with Crippen LogP contribution in [0, 0.1) is 5.92 Å². The zero-order valence-electron chi connectivity index (χ0n) is 13.0. The third-order valence-electron chi connectivity index (χ3n) is 3.35. The van der Waals surface area contributed by atoms with E-state index in [4.69, 9.17) is 10.5 Å². The van der Waals surface area contributed by atoms with Crippen molar-refractivity contribution in [2.45, 2.75) is 46.4 Å². The first-order valence-electron chi connectivity index (χ1n) is 7.45. The molecule has 0 saturated carbocycles. The lowest BCUT2D eigenvalue weighted by atomic mass is 10.0. The Balaban J connectivity index is 2.08. The number of benzene rings is 1. The quantitative estimate of drug-likeness (QED) is 0.850. The van der Waals surface area contributed by atoms with Gasteiger partial charge in [-0.15, -0.1) is 0 Å². The molecule has 0 aliphatic carbocycles. The minimum absolute atomic E-state index is 0.00488. The molecule has 21 heavy (non-hydrogen) atoms.